The van der Waals surface area contributed by atoms with Crippen molar-refractivity contribution in [1.82, 2.24) is 14.5 Å². The summed E-state index contributed by atoms with van der Waals surface area (Å²) in [4.78, 5) is 18.5. The van der Waals surface area contributed by atoms with E-state index in [1.807, 2.05) is 6.92 Å². The Morgan fingerprint density at radius 3 is 2.16 bits per heavy atom. The van der Waals surface area contributed by atoms with E-state index in [4.69, 9.17) is 13.9 Å². The SMILES string of the molecule is C[C@H]1CC(OS(=O)(=O)C(F)(F)F)=C[C@@H](COc2cc(C(F)(F)F)c3c(c2)ncn3C2CC(C)(O[Si](C)(C)C(C)(C)C)C2)N1C(=O)OC(C)(C)C. The van der Waals surface area contributed by atoms with Crippen molar-refractivity contribution in [3.63, 3.8) is 0 Å². The van der Waals surface area contributed by atoms with Crippen LogP contribution in [-0.2, 0) is 29.6 Å². The van der Waals surface area contributed by atoms with Gasteiger partial charge in [0.25, 0.3) is 0 Å². The minimum Gasteiger partial charge on any atom is -0.491 e. The average molecular weight is 758 g/mol. The van der Waals surface area contributed by atoms with Crippen molar-refractivity contribution >= 4 is 35.6 Å². The first-order valence-electron chi connectivity index (χ1n) is 16.1. The van der Waals surface area contributed by atoms with E-state index < -0.39 is 83.8 Å². The maximum Gasteiger partial charge on any atom is 0.534 e. The summed E-state index contributed by atoms with van der Waals surface area (Å²) in [7, 11) is -8.18. The van der Waals surface area contributed by atoms with Crippen molar-refractivity contribution < 1.29 is 57.6 Å². The summed E-state index contributed by atoms with van der Waals surface area (Å²) in [5, 5.41) is -0.0482. The monoisotopic (exact) mass is 757 g/mol. The summed E-state index contributed by atoms with van der Waals surface area (Å²) in [6.45, 7) is 18.2. The number of carbonyl (C=O) groups excluding carboxylic acids is 1. The molecule has 18 heteroatoms. The van der Waals surface area contributed by atoms with E-state index in [9.17, 15) is 39.6 Å². The summed E-state index contributed by atoms with van der Waals surface area (Å²) in [5.41, 5.74) is -8.36. The van der Waals surface area contributed by atoms with Gasteiger partial charge in [-0.3, -0.25) is 4.90 Å². The molecule has 4 rings (SSSR count). The molecule has 1 aromatic carbocycles. The van der Waals surface area contributed by atoms with Gasteiger partial charge in [-0.2, -0.15) is 34.8 Å². The van der Waals surface area contributed by atoms with E-state index in [0.29, 0.717) is 12.8 Å². The third-order valence-corrected chi connectivity index (χ3v) is 14.8. The van der Waals surface area contributed by atoms with Gasteiger partial charge >= 0.3 is 27.9 Å². The molecule has 1 amide bonds. The van der Waals surface area contributed by atoms with Crippen LogP contribution in [0.25, 0.3) is 11.0 Å². The molecule has 0 N–H and O–H groups in total. The van der Waals surface area contributed by atoms with Crippen molar-refractivity contribution in [1.29, 1.82) is 0 Å². The molecule has 0 unspecified atom stereocenters. The number of fused-ring (bicyclic) bond motifs is 1. The first-order valence-corrected chi connectivity index (χ1v) is 20.4. The normalized spacial score (nSPS) is 24.1. The standard InChI is InChI=1S/C32H45F6N3O7SSi/c1-19-11-23(47-49(43,44)32(36,37)38)12-20(41(19)27(42)46-28(2,3)4)17-45-22-13-24(31(33,34)35)26-25(14-22)39-18-40(26)21-15-30(8,16-21)48-50(9,10)29(5,6)7/h12-14,18-21H,11,15-17H2,1-10H3/t19-,20-,21?,30?/m0/s1. The molecule has 0 radical (unpaired) electrons. The number of ether oxygens (including phenoxy) is 2. The van der Waals surface area contributed by atoms with E-state index in [1.165, 1.54) is 23.9 Å². The largest absolute Gasteiger partial charge is 0.534 e. The Kier molecular flexibility index (Phi) is 10.3. The first kappa shape index (κ1) is 39.8. The van der Waals surface area contributed by atoms with Gasteiger partial charge in [-0.05, 0) is 77.7 Å². The smallest absolute Gasteiger partial charge is 0.491 e. The Morgan fingerprint density at radius 2 is 1.64 bits per heavy atom. The Morgan fingerprint density at radius 1 is 1.04 bits per heavy atom. The number of rotatable bonds is 8. The van der Waals surface area contributed by atoms with E-state index >= 15 is 0 Å². The molecular formula is C32H45F6N3O7SSi. The second kappa shape index (κ2) is 12.9. The highest BCUT2D eigenvalue weighted by molar-refractivity contribution is 7.87. The molecule has 50 heavy (non-hydrogen) atoms. The lowest BCUT2D eigenvalue weighted by Crippen LogP contribution is -2.54. The van der Waals surface area contributed by atoms with Gasteiger partial charge < -0.3 is 22.6 Å². The highest BCUT2D eigenvalue weighted by atomic mass is 32.2. The van der Waals surface area contributed by atoms with Crippen LogP contribution >= 0.6 is 0 Å². The summed E-state index contributed by atoms with van der Waals surface area (Å²) in [6, 6.07) is -0.443. The molecule has 2 heterocycles. The molecule has 2 aliphatic rings. The van der Waals surface area contributed by atoms with Crippen molar-refractivity contribution in [3.8, 4) is 5.75 Å². The number of amides is 1. The van der Waals surface area contributed by atoms with Crippen LogP contribution in [0.15, 0.2) is 30.3 Å². The molecule has 0 bridgehead atoms. The summed E-state index contributed by atoms with van der Waals surface area (Å²) >= 11 is 0. The fraction of sp³-hybridized carbons (Fsp3) is 0.688. The maximum absolute atomic E-state index is 14.6. The first-order chi connectivity index (χ1) is 22.4. The van der Waals surface area contributed by atoms with Crippen LogP contribution in [0, 0.1) is 0 Å². The van der Waals surface area contributed by atoms with Crippen molar-refractivity contribution in [2.24, 2.45) is 0 Å². The fourth-order valence-electron chi connectivity index (χ4n) is 5.98. The van der Waals surface area contributed by atoms with Gasteiger partial charge in [0.05, 0.1) is 34.6 Å². The fourth-order valence-corrected chi connectivity index (χ4v) is 8.18. The van der Waals surface area contributed by atoms with E-state index in [-0.39, 0.29) is 27.9 Å². The van der Waals surface area contributed by atoms with Crippen molar-refractivity contribution in [2.45, 2.75) is 134 Å². The van der Waals surface area contributed by atoms with Gasteiger partial charge in [-0.15, -0.1) is 0 Å². The van der Waals surface area contributed by atoms with Gasteiger partial charge in [-0.1, -0.05) is 20.8 Å². The summed E-state index contributed by atoms with van der Waals surface area (Å²) in [5.74, 6) is -0.894. The quantitative estimate of drug-likeness (QED) is 0.114. The third kappa shape index (κ3) is 8.54. The molecule has 0 saturated heterocycles. The molecule has 2 atom stereocenters. The Bertz CT molecular complexity index is 1740. The molecule has 282 valence electrons. The van der Waals surface area contributed by atoms with E-state index in [2.05, 4.69) is 43.0 Å². The Balaban J connectivity index is 1.64. The second-order valence-corrected chi connectivity index (χ2v) is 22.1. The molecular weight excluding hydrogens is 713 g/mol. The predicted molar refractivity (Wildman–Crippen MR) is 175 cm³/mol. The number of hydrogen-bond donors (Lipinski definition) is 0. The molecule has 1 aliphatic carbocycles. The number of aromatic nitrogens is 2. The number of alkyl halides is 6. The van der Waals surface area contributed by atoms with Gasteiger partial charge in [0.15, 0.2) is 8.32 Å². The van der Waals surface area contributed by atoms with Crippen LogP contribution in [0.2, 0.25) is 18.1 Å². The lowest BCUT2D eigenvalue weighted by Gasteiger charge is -2.52. The van der Waals surface area contributed by atoms with Crippen LogP contribution in [-0.4, -0.2) is 72.7 Å². The van der Waals surface area contributed by atoms with Crippen molar-refractivity contribution in [2.75, 3.05) is 6.61 Å². The molecule has 2 aromatic rings. The van der Waals surface area contributed by atoms with E-state index in [0.717, 1.165) is 17.0 Å². The van der Waals surface area contributed by atoms with E-state index in [1.54, 1.807) is 20.8 Å². The third-order valence-electron chi connectivity index (χ3n) is 9.22. The van der Waals surface area contributed by atoms with Crippen LogP contribution in [0.3, 0.4) is 0 Å². The van der Waals surface area contributed by atoms with Crippen LogP contribution in [0.4, 0.5) is 31.1 Å². The molecule has 1 aliphatic heterocycles. The van der Waals surface area contributed by atoms with Crippen molar-refractivity contribution in [3.05, 3.63) is 35.9 Å². The number of benzene rings is 1. The average Bonchev–Trinajstić information content (AvgIpc) is 3.29. The predicted octanol–water partition coefficient (Wildman–Crippen LogP) is 8.70. The second-order valence-electron chi connectivity index (χ2n) is 15.8. The Labute approximate surface area is 289 Å². The number of nitrogens with zero attached hydrogens (tertiary/aromatic N) is 3. The molecule has 1 saturated carbocycles. The molecule has 1 fully saturated rings. The molecule has 1 aromatic heterocycles. The summed E-state index contributed by atoms with van der Waals surface area (Å²) in [6.07, 6.45) is -2.87. The van der Waals surface area contributed by atoms with Gasteiger partial charge in [0.2, 0.25) is 0 Å². The number of carbonyl (C=O) groups is 1. The minimum absolute atomic E-state index is 0.00871. The van der Waals surface area contributed by atoms with Gasteiger partial charge in [0, 0.05) is 24.6 Å². The molecule has 10 nitrogen and oxygen atoms in total. The minimum atomic E-state index is -6.03. The lowest BCUT2D eigenvalue weighted by atomic mass is 9.77. The van der Waals surface area contributed by atoms with Gasteiger partial charge in [0.1, 0.15) is 23.7 Å². The van der Waals surface area contributed by atoms with Crippen LogP contribution in [0.5, 0.6) is 5.75 Å². The number of hydrogen-bond acceptors (Lipinski definition) is 8. The number of halogens is 6. The zero-order chi connectivity index (χ0) is 38.0. The van der Waals surface area contributed by atoms with Crippen LogP contribution < -0.4 is 4.74 Å². The molecule has 0 spiro atoms. The zero-order valence-corrected chi connectivity index (χ0v) is 31.6. The topological polar surface area (TPSA) is 109 Å². The zero-order valence-electron chi connectivity index (χ0n) is 29.7. The Hall–Kier alpha value is -2.99. The maximum atomic E-state index is 14.6. The van der Waals surface area contributed by atoms with Gasteiger partial charge in [-0.25, -0.2) is 9.78 Å². The lowest BCUT2D eigenvalue weighted by molar-refractivity contribution is -0.136. The number of imidazole rings is 1. The summed E-state index contributed by atoms with van der Waals surface area (Å²) < 4.78 is 130. The highest BCUT2D eigenvalue weighted by Crippen LogP contribution is 2.51. The highest BCUT2D eigenvalue weighted by Gasteiger charge is 2.51. The van der Waals surface area contributed by atoms with Crippen LogP contribution in [0.1, 0.15) is 86.3 Å².